The molecule has 1 unspecified atom stereocenters. The first-order chi connectivity index (χ1) is 7.75. The molecule has 0 heterocycles. The number of benzene rings is 1. The van der Waals surface area contributed by atoms with Crippen molar-refractivity contribution in [2.75, 3.05) is 6.54 Å². The molecule has 0 aliphatic rings. The average molecular weight is 223 g/mol. The second-order valence-electron chi connectivity index (χ2n) is 3.34. The quantitative estimate of drug-likeness (QED) is 0.669. The lowest BCUT2D eigenvalue weighted by atomic mass is 9.98. The Hall–Kier alpha value is -1.18. The summed E-state index contributed by atoms with van der Waals surface area (Å²) in [5.41, 5.74) is 0.773. The van der Waals surface area contributed by atoms with Crippen LogP contribution in [0, 0.1) is 5.82 Å². The zero-order valence-corrected chi connectivity index (χ0v) is 10.7. The van der Waals surface area contributed by atoms with E-state index in [4.69, 9.17) is 0 Å². The molecule has 2 heteroatoms. The first kappa shape index (κ1) is 14.8. The van der Waals surface area contributed by atoms with Crippen LogP contribution in [0.2, 0.25) is 0 Å². The third-order valence-electron chi connectivity index (χ3n) is 2.21. The predicted octanol–water partition coefficient (Wildman–Crippen LogP) is 4.44. The highest BCUT2D eigenvalue weighted by atomic mass is 19.1. The van der Waals surface area contributed by atoms with E-state index in [1.165, 1.54) is 6.07 Å². The van der Waals surface area contributed by atoms with Gasteiger partial charge >= 0.3 is 0 Å². The molecule has 0 amide bonds. The highest BCUT2D eigenvalue weighted by Crippen LogP contribution is 2.20. The molecule has 0 spiro atoms. The van der Waals surface area contributed by atoms with Crippen LogP contribution in [0.3, 0.4) is 0 Å². The van der Waals surface area contributed by atoms with Crippen molar-refractivity contribution in [3.05, 3.63) is 35.6 Å². The van der Waals surface area contributed by atoms with Gasteiger partial charge in [0.25, 0.3) is 0 Å². The summed E-state index contributed by atoms with van der Waals surface area (Å²) in [6, 6.07) is 6.92. The molecule has 0 fully saturated rings. The highest BCUT2D eigenvalue weighted by Gasteiger charge is 2.08. The van der Waals surface area contributed by atoms with E-state index >= 15 is 0 Å². The van der Waals surface area contributed by atoms with Gasteiger partial charge in [0.2, 0.25) is 0 Å². The topological polar surface area (TPSA) is 12.4 Å². The first-order valence-corrected chi connectivity index (χ1v) is 5.98. The number of halogens is 1. The molecule has 0 aliphatic carbocycles. The molecule has 1 aromatic carbocycles. The van der Waals surface area contributed by atoms with Crippen LogP contribution in [-0.2, 0) is 0 Å². The van der Waals surface area contributed by atoms with Crippen molar-refractivity contribution in [2.24, 2.45) is 4.99 Å². The molecule has 1 rings (SSSR count). The van der Waals surface area contributed by atoms with Crippen molar-refractivity contribution in [3.63, 3.8) is 0 Å². The van der Waals surface area contributed by atoms with Crippen LogP contribution in [0.1, 0.15) is 45.6 Å². The van der Waals surface area contributed by atoms with Crippen molar-refractivity contribution in [1.82, 2.24) is 0 Å². The van der Waals surface area contributed by atoms with Crippen molar-refractivity contribution in [1.29, 1.82) is 0 Å². The fourth-order valence-electron chi connectivity index (χ4n) is 1.36. The monoisotopic (exact) mass is 223 g/mol. The predicted molar refractivity (Wildman–Crippen MR) is 69.8 cm³/mol. The Kier molecular flexibility index (Phi) is 8.41. The van der Waals surface area contributed by atoms with Gasteiger partial charge in [-0.2, -0.15) is 0 Å². The minimum Gasteiger partial charge on any atom is -0.298 e. The van der Waals surface area contributed by atoms with Crippen molar-refractivity contribution >= 4 is 6.21 Å². The second kappa shape index (κ2) is 9.08. The minimum absolute atomic E-state index is 0.120. The van der Waals surface area contributed by atoms with Gasteiger partial charge in [0.05, 0.1) is 0 Å². The van der Waals surface area contributed by atoms with Gasteiger partial charge in [-0.15, -0.1) is 0 Å². The van der Waals surface area contributed by atoms with Gasteiger partial charge < -0.3 is 0 Å². The van der Waals surface area contributed by atoms with E-state index < -0.39 is 0 Å². The summed E-state index contributed by atoms with van der Waals surface area (Å²) in [6.07, 6.45) is 2.67. The average Bonchev–Trinajstić information content (AvgIpc) is 2.32. The lowest BCUT2D eigenvalue weighted by molar-refractivity contribution is 0.593. The zero-order chi connectivity index (χ0) is 12.4. The molecule has 1 atom stereocenters. The van der Waals surface area contributed by atoms with Crippen LogP contribution >= 0.6 is 0 Å². The maximum atomic E-state index is 13.3. The molecular formula is C14H22FN. The molecule has 0 saturated heterocycles. The molecule has 1 nitrogen and oxygen atoms in total. The fourth-order valence-corrected chi connectivity index (χ4v) is 1.36. The van der Waals surface area contributed by atoms with Gasteiger partial charge in [-0.05, 0) is 37.1 Å². The first-order valence-electron chi connectivity index (χ1n) is 5.98. The van der Waals surface area contributed by atoms with Crippen LogP contribution in [0.5, 0.6) is 0 Å². The minimum atomic E-state index is -0.120. The van der Waals surface area contributed by atoms with Crippen molar-refractivity contribution < 1.29 is 4.39 Å². The summed E-state index contributed by atoms with van der Waals surface area (Å²) in [7, 11) is 0. The van der Waals surface area contributed by atoms with E-state index in [2.05, 4.69) is 4.99 Å². The van der Waals surface area contributed by atoms with Gasteiger partial charge in [0.15, 0.2) is 0 Å². The SMILES string of the molecule is CC.CCN=CCC(C)c1ccccc1F. The van der Waals surface area contributed by atoms with E-state index in [1.807, 2.05) is 46.0 Å². The Morgan fingerprint density at radius 2 is 1.94 bits per heavy atom. The third-order valence-corrected chi connectivity index (χ3v) is 2.21. The van der Waals surface area contributed by atoms with E-state index in [0.29, 0.717) is 0 Å². The number of hydrogen-bond acceptors (Lipinski definition) is 1. The molecule has 0 aromatic heterocycles. The van der Waals surface area contributed by atoms with Crippen LogP contribution < -0.4 is 0 Å². The van der Waals surface area contributed by atoms with Gasteiger partial charge in [0, 0.05) is 6.54 Å². The van der Waals surface area contributed by atoms with Crippen LogP contribution in [0.4, 0.5) is 4.39 Å². The van der Waals surface area contributed by atoms with E-state index in [-0.39, 0.29) is 11.7 Å². The van der Waals surface area contributed by atoms with Crippen LogP contribution in [0.15, 0.2) is 29.3 Å². The van der Waals surface area contributed by atoms with Crippen molar-refractivity contribution in [3.8, 4) is 0 Å². The molecular weight excluding hydrogens is 201 g/mol. The zero-order valence-electron chi connectivity index (χ0n) is 10.7. The lowest BCUT2D eigenvalue weighted by Crippen LogP contribution is -1.97. The Labute approximate surface area is 98.4 Å². The molecule has 0 aliphatic heterocycles. The summed E-state index contributed by atoms with van der Waals surface area (Å²) < 4.78 is 13.3. The maximum absolute atomic E-state index is 13.3. The molecule has 0 radical (unpaired) electrons. The summed E-state index contributed by atoms with van der Waals surface area (Å²) in [4.78, 5) is 4.12. The summed E-state index contributed by atoms with van der Waals surface area (Å²) in [5, 5.41) is 0. The standard InChI is InChI=1S/C12H16FN.C2H6/c1-3-14-9-8-10(2)11-6-4-5-7-12(11)13;1-2/h4-7,9-10H,3,8H2,1-2H3;1-2H3. The Balaban J connectivity index is 0.00000106. The molecule has 0 saturated carbocycles. The van der Waals surface area contributed by atoms with E-state index in [9.17, 15) is 4.39 Å². The normalized spacial score (nSPS) is 12.1. The molecule has 16 heavy (non-hydrogen) atoms. The maximum Gasteiger partial charge on any atom is 0.126 e. The number of hydrogen-bond donors (Lipinski definition) is 0. The van der Waals surface area contributed by atoms with Gasteiger partial charge in [0.1, 0.15) is 5.82 Å². The summed E-state index contributed by atoms with van der Waals surface area (Å²) in [6.45, 7) is 8.80. The largest absolute Gasteiger partial charge is 0.298 e. The highest BCUT2D eigenvalue weighted by molar-refractivity contribution is 5.58. The number of aliphatic imine (C=N–C) groups is 1. The Morgan fingerprint density at radius 1 is 1.31 bits per heavy atom. The van der Waals surface area contributed by atoms with Gasteiger partial charge in [-0.3, -0.25) is 4.99 Å². The van der Waals surface area contributed by atoms with Gasteiger partial charge in [-0.25, -0.2) is 4.39 Å². The molecule has 0 bridgehead atoms. The Bertz CT molecular complexity index is 307. The second-order valence-corrected chi connectivity index (χ2v) is 3.34. The summed E-state index contributed by atoms with van der Waals surface area (Å²) in [5.74, 6) is 0.0800. The van der Waals surface area contributed by atoms with Crippen LogP contribution in [0.25, 0.3) is 0 Å². The fraction of sp³-hybridized carbons (Fsp3) is 0.500. The Morgan fingerprint density at radius 3 is 2.50 bits per heavy atom. The molecule has 0 N–H and O–H groups in total. The smallest absolute Gasteiger partial charge is 0.126 e. The summed E-state index contributed by atoms with van der Waals surface area (Å²) >= 11 is 0. The van der Waals surface area contributed by atoms with Gasteiger partial charge in [-0.1, -0.05) is 39.0 Å². The molecule has 90 valence electrons. The van der Waals surface area contributed by atoms with Crippen molar-refractivity contribution in [2.45, 2.75) is 40.0 Å². The lowest BCUT2D eigenvalue weighted by Gasteiger charge is -2.09. The third kappa shape index (κ3) is 5.06. The van der Waals surface area contributed by atoms with Crippen LogP contribution in [-0.4, -0.2) is 12.8 Å². The number of nitrogens with zero attached hydrogens (tertiary/aromatic N) is 1. The van der Waals surface area contributed by atoms with E-state index in [0.717, 1.165) is 18.5 Å². The number of rotatable bonds is 4. The molecule has 1 aromatic rings. The van der Waals surface area contributed by atoms with E-state index in [1.54, 1.807) is 6.07 Å².